The van der Waals surface area contributed by atoms with Crippen molar-refractivity contribution < 1.29 is 9.13 Å². The van der Waals surface area contributed by atoms with E-state index in [1.807, 2.05) is 6.92 Å². The van der Waals surface area contributed by atoms with Crippen LogP contribution in [0, 0.1) is 18.7 Å². The molecule has 78 valence electrons. The zero-order chi connectivity index (χ0) is 10.6. The smallest absolute Gasteiger partial charge is 0.167 e. The van der Waals surface area contributed by atoms with Crippen LogP contribution < -0.4 is 4.74 Å². The summed E-state index contributed by atoms with van der Waals surface area (Å²) in [5, 5.41) is 0. The lowest BCUT2D eigenvalue weighted by Gasteiger charge is -2.11. The first-order valence-electron chi connectivity index (χ1n) is 4.59. The number of aryl methyl sites for hydroxylation is 1. The van der Waals surface area contributed by atoms with Crippen molar-refractivity contribution in [2.45, 2.75) is 13.8 Å². The second-order valence-corrected chi connectivity index (χ2v) is 3.77. The number of ether oxygens (including phenoxy) is 1. The molecular formula is C11H14ClFO. The maximum Gasteiger partial charge on any atom is 0.167 e. The quantitative estimate of drug-likeness (QED) is 0.701. The molecule has 1 unspecified atom stereocenters. The summed E-state index contributed by atoms with van der Waals surface area (Å²) >= 11 is 5.62. The number of rotatable bonds is 4. The zero-order valence-corrected chi connectivity index (χ0v) is 9.14. The summed E-state index contributed by atoms with van der Waals surface area (Å²) in [7, 11) is 0. The van der Waals surface area contributed by atoms with Gasteiger partial charge in [-0.05, 0) is 18.6 Å². The van der Waals surface area contributed by atoms with Gasteiger partial charge in [0, 0.05) is 11.8 Å². The van der Waals surface area contributed by atoms with Crippen molar-refractivity contribution >= 4 is 11.6 Å². The molecule has 1 aromatic carbocycles. The standard InChI is InChI=1S/C11H14ClFO/c1-8(6-12)7-14-10-5-3-4-9(2)11(10)13/h3-5,8H,6-7H2,1-2H3. The third-order valence-corrected chi connectivity index (χ3v) is 2.47. The summed E-state index contributed by atoms with van der Waals surface area (Å²) in [5.74, 6) is 0.779. The predicted octanol–water partition coefficient (Wildman–Crippen LogP) is 3.39. The topological polar surface area (TPSA) is 9.23 Å². The van der Waals surface area contributed by atoms with Gasteiger partial charge in [0.2, 0.25) is 0 Å². The minimum atomic E-state index is -0.283. The fourth-order valence-corrected chi connectivity index (χ4v) is 1.10. The van der Waals surface area contributed by atoms with Gasteiger partial charge in [-0.15, -0.1) is 11.6 Å². The average molecular weight is 217 g/mol. The lowest BCUT2D eigenvalue weighted by molar-refractivity contribution is 0.260. The van der Waals surface area contributed by atoms with E-state index in [4.69, 9.17) is 16.3 Å². The van der Waals surface area contributed by atoms with Crippen LogP contribution in [0.4, 0.5) is 4.39 Å². The maximum absolute atomic E-state index is 13.4. The van der Waals surface area contributed by atoms with Crippen LogP contribution in [0.25, 0.3) is 0 Å². The van der Waals surface area contributed by atoms with Gasteiger partial charge in [-0.3, -0.25) is 0 Å². The Morgan fingerprint density at radius 1 is 1.50 bits per heavy atom. The number of hydrogen-bond donors (Lipinski definition) is 0. The Morgan fingerprint density at radius 2 is 2.21 bits per heavy atom. The fourth-order valence-electron chi connectivity index (χ4n) is 1.01. The second kappa shape index (κ2) is 5.20. The minimum absolute atomic E-state index is 0.233. The first-order chi connectivity index (χ1) is 6.65. The van der Waals surface area contributed by atoms with Crippen LogP contribution >= 0.6 is 11.6 Å². The molecule has 0 radical (unpaired) electrons. The molecule has 0 fully saturated rings. The van der Waals surface area contributed by atoms with Gasteiger partial charge in [-0.1, -0.05) is 19.1 Å². The van der Waals surface area contributed by atoms with Gasteiger partial charge in [0.05, 0.1) is 6.61 Å². The Morgan fingerprint density at radius 3 is 2.86 bits per heavy atom. The molecule has 1 rings (SSSR count). The molecular weight excluding hydrogens is 203 g/mol. The fraction of sp³-hybridized carbons (Fsp3) is 0.455. The molecule has 0 aliphatic heterocycles. The highest BCUT2D eigenvalue weighted by atomic mass is 35.5. The highest BCUT2D eigenvalue weighted by molar-refractivity contribution is 6.18. The minimum Gasteiger partial charge on any atom is -0.490 e. The van der Waals surface area contributed by atoms with Crippen LogP contribution in [0.5, 0.6) is 5.75 Å². The van der Waals surface area contributed by atoms with Crippen LogP contribution in [0.1, 0.15) is 12.5 Å². The second-order valence-electron chi connectivity index (χ2n) is 3.46. The van der Waals surface area contributed by atoms with Gasteiger partial charge >= 0.3 is 0 Å². The lowest BCUT2D eigenvalue weighted by atomic mass is 10.2. The van der Waals surface area contributed by atoms with Crippen molar-refractivity contribution in [2.24, 2.45) is 5.92 Å². The predicted molar refractivity (Wildman–Crippen MR) is 56.5 cm³/mol. The Balaban J connectivity index is 2.63. The molecule has 3 heteroatoms. The number of halogens is 2. The highest BCUT2D eigenvalue weighted by Crippen LogP contribution is 2.20. The number of benzene rings is 1. The van der Waals surface area contributed by atoms with Gasteiger partial charge in [-0.2, -0.15) is 0 Å². The molecule has 1 aromatic rings. The summed E-state index contributed by atoms with van der Waals surface area (Å²) in [6.07, 6.45) is 0. The van der Waals surface area contributed by atoms with E-state index in [-0.39, 0.29) is 11.7 Å². The normalized spacial score (nSPS) is 12.6. The first-order valence-corrected chi connectivity index (χ1v) is 5.12. The molecule has 14 heavy (non-hydrogen) atoms. The molecule has 0 aromatic heterocycles. The van der Waals surface area contributed by atoms with Gasteiger partial charge in [-0.25, -0.2) is 4.39 Å². The van der Waals surface area contributed by atoms with Crippen molar-refractivity contribution in [3.05, 3.63) is 29.6 Å². The summed E-state index contributed by atoms with van der Waals surface area (Å²) < 4.78 is 18.7. The van der Waals surface area contributed by atoms with Crippen LogP contribution in [-0.2, 0) is 0 Å². The Bertz CT molecular complexity index is 301. The Kier molecular flexibility index (Phi) is 4.21. The molecule has 0 spiro atoms. The van der Waals surface area contributed by atoms with Crippen molar-refractivity contribution in [3.63, 3.8) is 0 Å². The number of hydrogen-bond acceptors (Lipinski definition) is 1. The molecule has 1 nitrogen and oxygen atoms in total. The molecule has 0 aliphatic rings. The van der Waals surface area contributed by atoms with E-state index in [1.54, 1.807) is 25.1 Å². The first kappa shape index (κ1) is 11.3. The highest BCUT2D eigenvalue weighted by Gasteiger charge is 2.07. The molecule has 1 atom stereocenters. The van der Waals surface area contributed by atoms with E-state index in [1.165, 1.54) is 0 Å². The molecule has 0 bridgehead atoms. The van der Waals surface area contributed by atoms with Crippen LogP contribution in [0.3, 0.4) is 0 Å². The van der Waals surface area contributed by atoms with E-state index in [0.29, 0.717) is 23.8 Å². The van der Waals surface area contributed by atoms with Crippen molar-refractivity contribution in [2.75, 3.05) is 12.5 Å². The maximum atomic E-state index is 13.4. The summed E-state index contributed by atoms with van der Waals surface area (Å²) in [5.41, 5.74) is 0.598. The summed E-state index contributed by atoms with van der Waals surface area (Å²) in [4.78, 5) is 0. The van der Waals surface area contributed by atoms with Crippen LogP contribution in [0.2, 0.25) is 0 Å². The number of alkyl halides is 1. The van der Waals surface area contributed by atoms with Crippen molar-refractivity contribution in [1.82, 2.24) is 0 Å². The van der Waals surface area contributed by atoms with E-state index in [9.17, 15) is 4.39 Å². The third kappa shape index (κ3) is 2.88. The summed E-state index contributed by atoms with van der Waals surface area (Å²) in [6.45, 7) is 4.12. The largest absolute Gasteiger partial charge is 0.490 e. The van der Waals surface area contributed by atoms with Crippen LogP contribution in [0.15, 0.2) is 18.2 Å². The van der Waals surface area contributed by atoms with Gasteiger partial charge < -0.3 is 4.74 Å². The van der Waals surface area contributed by atoms with Crippen molar-refractivity contribution in [3.8, 4) is 5.75 Å². The van der Waals surface area contributed by atoms with Gasteiger partial charge in [0.15, 0.2) is 11.6 Å². The Labute approximate surface area is 88.8 Å². The zero-order valence-electron chi connectivity index (χ0n) is 8.39. The van der Waals surface area contributed by atoms with E-state index in [2.05, 4.69) is 0 Å². The van der Waals surface area contributed by atoms with Crippen LogP contribution in [-0.4, -0.2) is 12.5 Å². The van der Waals surface area contributed by atoms with E-state index >= 15 is 0 Å². The lowest BCUT2D eigenvalue weighted by Crippen LogP contribution is -2.10. The van der Waals surface area contributed by atoms with Gasteiger partial charge in [0.1, 0.15) is 0 Å². The Hall–Kier alpha value is -0.760. The molecule has 0 N–H and O–H groups in total. The third-order valence-electron chi connectivity index (χ3n) is 1.94. The molecule has 0 heterocycles. The van der Waals surface area contributed by atoms with E-state index < -0.39 is 0 Å². The molecule has 0 saturated carbocycles. The van der Waals surface area contributed by atoms with Gasteiger partial charge in [0.25, 0.3) is 0 Å². The molecule has 0 amide bonds. The molecule has 0 aliphatic carbocycles. The SMILES string of the molecule is Cc1cccc(OCC(C)CCl)c1F. The van der Waals surface area contributed by atoms with E-state index in [0.717, 1.165) is 0 Å². The molecule has 0 saturated heterocycles. The van der Waals surface area contributed by atoms with Crippen molar-refractivity contribution in [1.29, 1.82) is 0 Å². The monoisotopic (exact) mass is 216 g/mol. The average Bonchev–Trinajstić information content (AvgIpc) is 2.20. The summed E-state index contributed by atoms with van der Waals surface area (Å²) in [6, 6.07) is 5.12.